The number of piperidine rings is 1. The number of hydrogen-bond acceptors (Lipinski definition) is 3. The average molecular weight is 245 g/mol. The number of nitrogens with two attached hydrogens (primary N) is 1. The molecule has 2 fully saturated rings. The van der Waals surface area contributed by atoms with Gasteiger partial charge in [0, 0.05) is 30.0 Å². The third kappa shape index (κ3) is 1.81. The van der Waals surface area contributed by atoms with Crippen LogP contribution in [0.15, 0.2) is 18.3 Å². The van der Waals surface area contributed by atoms with E-state index in [2.05, 4.69) is 9.88 Å². The topological polar surface area (TPSA) is 59.2 Å². The zero-order valence-corrected chi connectivity index (χ0v) is 10.7. The third-order valence-corrected chi connectivity index (χ3v) is 4.24. The van der Waals surface area contributed by atoms with Gasteiger partial charge in [0.2, 0.25) is 0 Å². The molecular weight excluding hydrogens is 226 g/mol. The predicted octanol–water partition coefficient (Wildman–Crippen LogP) is 1.48. The SMILES string of the molecule is Cc1ncccc1C(=O)N1C2CCC1CC(N)C2. The minimum Gasteiger partial charge on any atom is -0.333 e. The number of aryl methyl sites for hydroxylation is 1. The van der Waals surface area contributed by atoms with Crippen LogP contribution >= 0.6 is 0 Å². The first-order chi connectivity index (χ1) is 8.66. The quantitative estimate of drug-likeness (QED) is 0.815. The van der Waals surface area contributed by atoms with Gasteiger partial charge in [0.05, 0.1) is 5.56 Å². The van der Waals surface area contributed by atoms with E-state index in [1.807, 2.05) is 19.1 Å². The third-order valence-electron chi connectivity index (χ3n) is 4.24. The summed E-state index contributed by atoms with van der Waals surface area (Å²) in [6, 6.07) is 4.65. The van der Waals surface area contributed by atoms with E-state index >= 15 is 0 Å². The Morgan fingerprint density at radius 3 is 2.67 bits per heavy atom. The lowest BCUT2D eigenvalue weighted by atomic mass is 9.97. The summed E-state index contributed by atoms with van der Waals surface area (Å²) < 4.78 is 0. The molecule has 1 aromatic heterocycles. The summed E-state index contributed by atoms with van der Waals surface area (Å²) in [6.07, 6.45) is 5.82. The summed E-state index contributed by atoms with van der Waals surface area (Å²) in [6.45, 7) is 1.89. The van der Waals surface area contributed by atoms with E-state index in [0.717, 1.165) is 36.9 Å². The number of fused-ring (bicyclic) bond motifs is 2. The molecule has 2 aliphatic heterocycles. The predicted molar refractivity (Wildman–Crippen MR) is 69.2 cm³/mol. The van der Waals surface area contributed by atoms with E-state index in [1.54, 1.807) is 6.20 Å². The van der Waals surface area contributed by atoms with Gasteiger partial charge in [-0.15, -0.1) is 0 Å². The number of pyridine rings is 1. The van der Waals surface area contributed by atoms with Gasteiger partial charge >= 0.3 is 0 Å². The van der Waals surface area contributed by atoms with Gasteiger partial charge in [0.1, 0.15) is 0 Å². The maximum absolute atomic E-state index is 12.6. The van der Waals surface area contributed by atoms with Crippen molar-refractivity contribution in [3.8, 4) is 0 Å². The van der Waals surface area contributed by atoms with Crippen LogP contribution in [0.5, 0.6) is 0 Å². The molecule has 3 heterocycles. The lowest BCUT2D eigenvalue weighted by molar-refractivity contribution is 0.0574. The van der Waals surface area contributed by atoms with Crippen LogP contribution in [-0.4, -0.2) is 33.9 Å². The minimum atomic E-state index is 0.139. The highest BCUT2D eigenvalue weighted by Crippen LogP contribution is 2.36. The van der Waals surface area contributed by atoms with E-state index in [9.17, 15) is 4.79 Å². The first-order valence-corrected chi connectivity index (χ1v) is 6.66. The van der Waals surface area contributed by atoms with Gasteiger partial charge in [-0.05, 0) is 44.7 Å². The van der Waals surface area contributed by atoms with Crippen LogP contribution in [0, 0.1) is 6.92 Å². The molecule has 2 bridgehead atoms. The van der Waals surface area contributed by atoms with Crippen molar-refractivity contribution in [3.05, 3.63) is 29.6 Å². The zero-order valence-electron chi connectivity index (χ0n) is 10.7. The fraction of sp³-hybridized carbons (Fsp3) is 0.571. The molecule has 3 rings (SSSR count). The van der Waals surface area contributed by atoms with Crippen molar-refractivity contribution < 1.29 is 4.79 Å². The average Bonchev–Trinajstić information content (AvgIpc) is 2.61. The van der Waals surface area contributed by atoms with Crippen LogP contribution < -0.4 is 5.73 Å². The van der Waals surface area contributed by atoms with Crippen molar-refractivity contribution in [2.45, 2.75) is 50.7 Å². The molecule has 4 nitrogen and oxygen atoms in total. The fourth-order valence-electron chi connectivity index (χ4n) is 3.40. The standard InChI is InChI=1S/C14H19N3O/c1-9-13(3-2-6-16-9)14(18)17-11-4-5-12(17)8-10(15)7-11/h2-3,6,10-12H,4-5,7-8,15H2,1H3. The van der Waals surface area contributed by atoms with Gasteiger partial charge in [0.25, 0.3) is 5.91 Å². The highest BCUT2D eigenvalue weighted by molar-refractivity contribution is 5.95. The lowest BCUT2D eigenvalue weighted by Crippen LogP contribution is -2.50. The summed E-state index contributed by atoms with van der Waals surface area (Å²) in [5.41, 5.74) is 7.59. The minimum absolute atomic E-state index is 0.139. The Morgan fingerprint density at radius 1 is 1.39 bits per heavy atom. The van der Waals surface area contributed by atoms with Crippen molar-refractivity contribution in [2.24, 2.45) is 5.73 Å². The normalized spacial score (nSPS) is 30.6. The number of hydrogen-bond donors (Lipinski definition) is 1. The van der Waals surface area contributed by atoms with Crippen LogP contribution in [0.1, 0.15) is 41.7 Å². The van der Waals surface area contributed by atoms with Crippen LogP contribution in [-0.2, 0) is 0 Å². The molecule has 0 saturated carbocycles. The van der Waals surface area contributed by atoms with Crippen molar-refractivity contribution >= 4 is 5.91 Å². The number of carbonyl (C=O) groups is 1. The molecule has 96 valence electrons. The van der Waals surface area contributed by atoms with E-state index in [1.165, 1.54) is 0 Å². The van der Waals surface area contributed by atoms with Crippen molar-refractivity contribution in [1.82, 2.24) is 9.88 Å². The van der Waals surface area contributed by atoms with Crippen LogP contribution in [0.25, 0.3) is 0 Å². The van der Waals surface area contributed by atoms with Crippen molar-refractivity contribution in [3.63, 3.8) is 0 Å². The maximum Gasteiger partial charge on any atom is 0.256 e. The second kappa shape index (κ2) is 4.35. The maximum atomic E-state index is 12.6. The molecule has 1 aromatic rings. The Balaban J connectivity index is 1.88. The Hall–Kier alpha value is -1.42. The highest BCUT2D eigenvalue weighted by Gasteiger charge is 2.42. The fourth-order valence-corrected chi connectivity index (χ4v) is 3.40. The number of nitrogens with zero attached hydrogens (tertiary/aromatic N) is 2. The molecule has 0 radical (unpaired) electrons. The molecular formula is C14H19N3O. The Labute approximate surface area is 107 Å². The smallest absolute Gasteiger partial charge is 0.256 e. The monoisotopic (exact) mass is 245 g/mol. The summed E-state index contributed by atoms with van der Waals surface area (Å²) in [5, 5.41) is 0. The van der Waals surface area contributed by atoms with Gasteiger partial charge in [-0.1, -0.05) is 0 Å². The Bertz CT molecular complexity index is 460. The second-order valence-electron chi connectivity index (χ2n) is 5.47. The molecule has 2 N–H and O–H groups in total. The molecule has 2 atom stereocenters. The van der Waals surface area contributed by atoms with Gasteiger partial charge in [-0.25, -0.2) is 0 Å². The molecule has 0 aromatic carbocycles. The zero-order chi connectivity index (χ0) is 12.7. The van der Waals surface area contributed by atoms with Crippen LogP contribution in [0.2, 0.25) is 0 Å². The van der Waals surface area contributed by atoms with Crippen LogP contribution in [0.3, 0.4) is 0 Å². The van der Waals surface area contributed by atoms with Gasteiger partial charge < -0.3 is 10.6 Å². The number of amides is 1. The van der Waals surface area contributed by atoms with E-state index in [-0.39, 0.29) is 11.9 Å². The second-order valence-corrected chi connectivity index (χ2v) is 5.47. The molecule has 18 heavy (non-hydrogen) atoms. The summed E-state index contributed by atoms with van der Waals surface area (Å²) in [5.74, 6) is 0.139. The Kier molecular flexibility index (Phi) is 2.82. The van der Waals surface area contributed by atoms with Gasteiger partial charge in [-0.2, -0.15) is 0 Å². The largest absolute Gasteiger partial charge is 0.333 e. The summed E-state index contributed by atoms with van der Waals surface area (Å²) >= 11 is 0. The van der Waals surface area contributed by atoms with Crippen LogP contribution in [0.4, 0.5) is 0 Å². The van der Waals surface area contributed by atoms with Gasteiger partial charge in [0.15, 0.2) is 0 Å². The van der Waals surface area contributed by atoms with E-state index in [4.69, 9.17) is 5.73 Å². The molecule has 2 unspecified atom stereocenters. The first-order valence-electron chi connectivity index (χ1n) is 6.66. The summed E-state index contributed by atoms with van der Waals surface area (Å²) in [7, 11) is 0. The molecule has 0 spiro atoms. The molecule has 1 amide bonds. The number of rotatable bonds is 1. The van der Waals surface area contributed by atoms with E-state index in [0.29, 0.717) is 12.1 Å². The highest BCUT2D eigenvalue weighted by atomic mass is 16.2. The van der Waals surface area contributed by atoms with Gasteiger partial charge in [-0.3, -0.25) is 9.78 Å². The molecule has 4 heteroatoms. The molecule has 0 aliphatic carbocycles. The number of carbonyl (C=O) groups excluding carboxylic acids is 1. The first kappa shape index (κ1) is 11.7. The summed E-state index contributed by atoms with van der Waals surface area (Å²) in [4.78, 5) is 18.9. The van der Waals surface area contributed by atoms with Crippen molar-refractivity contribution in [1.29, 1.82) is 0 Å². The molecule has 2 saturated heterocycles. The lowest BCUT2D eigenvalue weighted by Gasteiger charge is -2.37. The number of aromatic nitrogens is 1. The van der Waals surface area contributed by atoms with E-state index < -0.39 is 0 Å². The molecule has 2 aliphatic rings. The van der Waals surface area contributed by atoms with Crippen molar-refractivity contribution in [2.75, 3.05) is 0 Å². The Morgan fingerprint density at radius 2 is 2.06 bits per heavy atom.